The zero-order valence-electron chi connectivity index (χ0n) is 14.8. The summed E-state index contributed by atoms with van der Waals surface area (Å²) in [6.45, 7) is 5.06. The average molecular weight is 366 g/mol. The lowest BCUT2D eigenvalue weighted by Crippen LogP contribution is -2.45. The number of amides is 2. The molecule has 2 amide bonds. The summed E-state index contributed by atoms with van der Waals surface area (Å²) in [4.78, 5) is 28.2. The molecule has 2 aliphatic rings. The van der Waals surface area contributed by atoms with E-state index in [1.54, 1.807) is 0 Å². The van der Waals surface area contributed by atoms with Gasteiger partial charge < -0.3 is 15.5 Å². The molecule has 5 nitrogen and oxygen atoms in total. The number of hydrogen-bond donors (Lipinski definition) is 1. The van der Waals surface area contributed by atoms with E-state index in [9.17, 15) is 9.59 Å². The van der Waals surface area contributed by atoms with Crippen LogP contribution in [0, 0.1) is 5.92 Å². The van der Waals surface area contributed by atoms with Crippen molar-refractivity contribution in [3.8, 4) is 0 Å². The van der Waals surface area contributed by atoms with Crippen LogP contribution in [0.3, 0.4) is 0 Å². The van der Waals surface area contributed by atoms with Gasteiger partial charge in [-0.25, -0.2) is 0 Å². The molecule has 2 unspecified atom stereocenters. The van der Waals surface area contributed by atoms with Crippen LogP contribution in [-0.4, -0.2) is 47.3 Å². The molecule has 0 radical (unpaired) electrons. The Morgan fingerprint density at radius 3 is 2.56 bits per heavy atom. The van der Waals surface area contributed by atoms with E-state index in [4.69, 9.17) is 5.73 Å². The van der Waals surface area contributed by atoms with Gasteiger partial charge in [-0.2, -0.15) is 0 Å². The minimum atomic E-state index is 0. The Bertz CT molecular complexity index is 603. The Morgan fingerprint density at radius 2 is 1.96 bits per heavy atom. The standard InChI is InChI=1S/C19H27N3O2.ClH/c1-14(20)17-4-2-11-22(13-17)19(24)16-8-6-15(7-9-16)12-21-10-3-5-18(21)23;/h6-9,14,17H,2-5,10-13,20H2,1H3;1H. The molecule has 0 spiro atoms. The third-order valence-electron chi connectivity index (χ3n) is 5.23. The van der Waals surface area contributed by atoms with Crippen molar-refractivity contribution in [2.75, 3.05) is 19.6 Å². The van der Waals surface area contributed by atoms with Crippen LogP contribution in [0.2, 0.25) is 0 Å². The Balaban J connectivity index is 0.00000225. The zero-order chi connectivity index (χ0) is 17.1. The number of hydrogen-bond acceptors (Lipinski definition) is 3. The highest BCUT2D eigenvalue weighted by Crippen LogP contribution is 2.21. The summed E-state index contributed by atoms with van der Waals surface area (Å²) in [5, 5.41) is 0. The Kier molecular flexibility index (Phi) is 6.85. The number of halogens is 1. The highest BCUT2D eigenvalue weighted by molar-refractivity contribution is 5.94. The summed E-state index contributed by atoms with van der Waals surface area (Å²) in [6.07, 6.45) is 3.73. The van der Waals surface area contributed by atoms with Crippen LogP contribution in [0.15, 0.2) is 24.3 Å². The molecular weight excluding hydrogens is 338 g/mol. The maximum Gasteiger partial charge on any atom is 0.253 e. The van der Waals surface area contributed by atoms with E-state index < -0.39 is 0 Å². The van der Waals surface area contributed by atoms with E-state index in [-0.39, 0.29) is 30.3 Å². The molecule has 2 aliphatic heterocycles. The highest BCUT2D eigenvalue weighted by Gasteiger charge is 2.26. The number of piperidine rings is 1. The smallest absolute Gasteiger partial charge is 0.253 e. The largest absolute Gasteiger partial charge is 0.338 e. The van der Waals surface area contributed by atoms with Crippen LogP contribution >= 0.6 is 12.4 Å². The van der Waals surface area contributed by atoms with E-state index in [1.165, 1.54) is 0 Å². The number of nitrogens with two attached hydrogens (primary N) is 1. The molecule has 3 rings (SSSR count). The SMILES string of the molecule is CC(N)C1CCCN(C(=O)c2ccc(CN3CCCC3=O)cc2)C1.Cl. The lowest BCUT2D eigenvalue weighted by atomic mass is 9.92. The van der Waals surface area contributed by atoms with E-state index in [2.05, 4.69) is 0 Å². The van der Waals surface area contributed by atoms with E-state index >= 15 is 0 Å². The minimum Gasteiger partial charge on any atom is -0.338 e. The van der Waals surface area contributed by atoms with Gasteiger partial charge in [0.25, 0.3) is 5.91 Å². The molecule has 1 aromatic carbocycles. The van der Waals surface area contributed by atoms with Gasteiger partial charge in [-0.1, -0.05) is 12.1 Å². The van der Waals surface area contributed by atoms with Crippen LogP contribution in [0.5, 0.6) is 0 Å². The Labute approximate surface area is 155 Å². The quantitative estimate of drug-likeness (QED) is 0.891. The summed E-state index contributed by atoms with van der Waals surface area (Å²) in [7, 11) is 0. The number of nitrogens with zero attached hydrogens (tertiary/aromatic N) is 2. The molecule has 0 aliphatic carbocycles. The van der Waals surface area contributed by atoms with Gasteiger partial charge in [0.15, 0.2) is 0 Å². The first kappa shape index (κ1) is 19.7. The molecule has 0 saturated carbocycles. The third kappa shape index (κ3) is 4.73. The second-order valence-electron chi connectivity index (χ2n) is 7.13. The first-order chi connectivity index (χ1) is 11.5. The molecule has 25 heavy (non-hydrogen) atoms. The zero-order valence-corrected chi connectivity index (χ0v) is 15.6. The van der Waals surface area contributed by atoms with E-state index in [0.29, 0.717) is 18.9 Å². The molecule has 0 aromatic heterocycles. The Morgan fingerprint density at radius 1 is 1.24 bits per heavy atom. The number of likely N-dealkylation sites (tertiary alicyclic amines) is 2. The summed E-state index contributed by atoms with van der Waals surface area (Å²) >= 11 is 0. The summed E-state index contributed by atoms with van der Waals surface area (Å²) in [6, 6.07) is 7.82. The van der Waals surface area contributed by atoms with Crippen LogP contribution in [0.25, 0.3) is 0 Å². The fourth-order valence-corrected chi connectivity index (χ4v) is 3.65. The number of carbonyl (C=O) groups is 2. The monoisotopic (exact) mass is 365 g/mol. The topological polar surface area (TPSA) is 66.6 Å². The minimum absolute atomic E-state index is 0. The molecule has 6 heteroatoms. The molecular formula is C19H28ClN3O2. The van der Waals surface area contributed by atoms with Gasteiger partial charge in [0.2, 0.25) is 5.91 Å². The summed E-state index contributed by atoms with van der Waals surface area (Å²) in [5.41, 5.74) is 7.80. The van der Waals surface area contributed by atoms with Crippen molar-refractivity contribution in [1.29, 1.82) is 0 Å². The van der Waals surface area contributed by atoms with Crippen molar-refractivity contribution < 1.29 is 9.59 Å². The lowest BCUT2D eigenvalue weighted by molar-refractivity contribution is -0.128. The van der Waals surface area contributed by atoms with Gasteiger partial charge in [-0.05, 0) is 49.8 Å². The predicted octanol–water partition coefficient (Wildman–Crippen LogP) is 2.43. The average Bonchev–Trinajstić information content (AvgIpc) is 3.00. The van der Waals surface area contributed by atoms with Gasteiger partial charge in [-0.3, -0.25) is 9.59 Å². The number of carbonyl (C=O) groups excluding carboxylic acids is 2. The second-order valence-corrected chi connectivity index (χ2v) is 7.13. The van der Waals surface area contributed by atoms with E-state index in [1.807, 2.05) is 41.0 Å². The van der Waals surface area contributed by atoms with E-state index in [0.717, 1.165) is 50.0 Å². The first-order valence-electron chi connectivity index (χ1n) is 8.96. The van der Waals surface area contributed by atoms with Crippen molar-refractivity contribution in [3.63, 3.8) is 0 Å². The highest BCUT2D eigenvalue weighted by atomic mass is 35.5. The molecule has 2 heterocycles. The first-order valence-corrected chi connectivity index (χ1v) is 8.96. The Hall–Kier alpha value is -1.59. The van der Waals surface area contributed by atoms with Crippen molar-refractivity contribution in [3.05, 3.63) is 35.4 Å². The van der Waals surface area contributed by atoms with Crippen molar-refractivity contribution in [1.82, 2.24) is 9.80 Å². The van der Waals surface area contributed by atoms with Gasteiger partial charge in [-0.15, -0.1) is 12.4 Å². The molecule has 2 saturated heterocycles. The fraction of sp³-hybridized carbons (Fsp3) is 0.579. The maximum atomic E-state index is 12.7. The second kappa shape index (κ2) is 8.68. The molecule has 2 N–H and O–H groups in total. The number of rotatable bonds is 4. The third-order valence-corrected chi connectivity index (χ3v) is 5.23. The van der Waals surface area contributed by atoms with Crippen LogP contribution < -0.4 is 5.73 Å². The normalized spacial score (nSPS) is 21.8. The van der Waals surface area contributed by atoms with Crippen molar-refractivity contribution >= 4 is 24.2 Å². The molecule has 2 fully saturated rings. The predicted molar refractivity (Wildman–Crippen MR) is 101 cm³/mol. The lowest BCUT2D eigenvalue weighted by Gasteiger charge is -2.34. The van der Waals surface area contributed by atoms with Crippen molar-refractivity contribution in [2.24, 2.45) is 11.7 Å². The molecule has 2 atom stereocenters. The maximum absolute atomic E-state index is 12.7. The molecule has 1 aromatic rings. The van der Waals surface area contributed by atoms with Crippen LogP contribution in [0.1, 0.15) is 48.5 Å². The summed E-state index contributed by atoms with van der Waals surface area (Å²) in [5.74, 6) is 0.706. The molecule has 138 valence electrons. The van der Waals surface area contributed by atoms with Crippen LogP contribution in [-0.2, 0) is 11.3 Å². The summed E-state index contributed by atoms with van der Waals surface area (Å²) < 4.78 is 0. The molecule has 0 bridgehead atoms. The van der Waals surface area contributed by atoms with Gasteiger partial charge in [0.05, 0.1) is 0 Å². The van der Waals surface area contributed by atoms with Gasteiger partial charge in [0.1, 0.15) is 0 Å². The number of benzene rings is 1. The van der Waals surface area contributed by atoms with Gasteiger partial charge in [0, 0.05) is 44.2 Å². The van der Waals surface area contributed by atoms with Gasteiger partial charge >= 0.3 is 0 Å². The fourth-order valence-electron chi connectivity index (χ4n) is 3.65. The van der Waals surface area contributed by atoms with Crippen LogP contribution in [0.4, 0.5) is 0 Å². The van der Waals surface area contributed by atoms with Crippen molar-refractivity contribution in [2.45, 2.75) is 45.2 Å².